The summed E-state index contributed by atoms with van der Waals surface area (Å²) in [6, 6.07) is -0.797. The van der Waals surface area contributed by atoms with Gasteiger partial charge in [-0.1, -0.05) is 20.8 Å². The molecule has 94 valence electrons. The van der Waals surface area contributed by atoms with Crippen molar-refractivity contribution in [1.29, 1.82) is 0 Å². The van der Waals surface area contributed by atoms with E-state index in [-0.39, 0.29) is 35.3 Å². The highest BCUT2D eigenvalue weighted by atomic mass is 27.0. The van der Waals surface area contributed by atoms with Gasteiger partial charge in [-0.25, -0.2) is 0 Å². The highest BCUT2D eigenvalue weighted by Crippen LogP contribution is 2.27. The van der Waals surface area contributed by atoms with Crippen LogP contribution < -0.4 is 5.73 Å². The van der Waals surface area contributed by atoms with Crippen molar-refractivity contribution in [3.63, 3.8) is 0 Å². The van der Waals surface area contributed by atoms with Gasteiger partial charge in [-0.3, -0.25) is 19.3 Å². The maximum Gasteiger partial charge on any atom is 0.232 e. The van der Waals surface area contributed by atoms with Crippen molar-refractivity contribution in [1.82, 2.24) is 4.90 Å². The van der Waals surface area contributed by atoms with Gasteiger partial charge in [0.25, 0.3) is 0 Å². The first-order chi connectivity index (χ1) is 7.70. The number of ketones is 1. The van der Waals surface area contributed by atoms with E-state index in [1.165, 1.54) is 0 Å². The van der Waals surface area contributed by atoms with Crippen molar-refractivity contribution in [2.75, 3.05) is 6.54 Å². The predicted octanol–water partition coefficient (Wildman–Crippen LogP) is -0.891. The topological polar surface area (TPSA) is 80.5 Å². The Kier molecular flexibility index (Phi) is 4.13. The Morgan fingerprint density at radius 1 is 1.53 bits per heavy atom. The molecule has 17 heavy (non-hydrogen) atoms. The minimum absolute atomic E-state index is 0.00184. The van der Waals surface area contributed by atoms with Crippen LogP contribution in [-0.2, 0) is 14.4 Å². The van der Waals surface area contributed by atoms with E-state index in [2.05, 4.69) is 0 Å². The summed E-state index contributed by atoms with van der Waals surface area (Å²) >= 11 is 0.632. The number of rotatable bonds is 3. The summed E-state index contributed by atoms with van der Waals surface area (Å²) in [5, 5.41) is 0. The fraction of sp³-hybridized carbons (Fsp3) is 0.727. The number of nitrogens with two attached hydrogens (primary N) is 1. The largest absolute Gasteiger partial charge is 0.328 e. The number of amides is 2. The summed E-state index contributed by atoms with van der Waals surface area (Å²) in [5.41, 5.74) is 4.96. The van der Waals surface area contributed by atoms with Crippen LogP contribution in [-0.4, -0.2) is 51.4 Å². The molecule has 1 fully saturated rings. The zero-order chi connectivity index (χ0) is 13.4. The molecule has 0 aromatic carbocycles. The summed E-state index contributed by atoms with van der Waals surface area (Å²) in [6.07, 6.45) is 0.235. The van der Waals surface area contributed by atoms with Crippen LogP contribution in [0, 0.1) is 5.41 Å². The lowest BCUT2D eigenvalue weighted by atomic mass is 9.86. The van der Waals surface area contributed by atoms with Gasteiger partial charge in [0.15, 0.2) is 5.78 Å². The predicted molar refractivity (Wildman–Crippen MR) is 66.1 cm³/mol. The molecule has 6 heteroatoms. The molecule has 2 N–H and O–H groups in total. The van der Waals surface area contributed by atoms with E-state index >= 15 is 0 Å². The van der Waals surface area contributed by atoms with Crippen LogP contribution in [0.5, 0.6) is 0 Å². The Balaban J connectivity index is 3.00. The molecule has 1 aliphatic rings. The molecule has 0 aromatic heterocycles. The van der Waals surface area contributed by atoms with E-state index in [0.29, 0.717) is 16.3 Å². The Labute approximate surface area is 109 Å². The minimum atomic E-state index is -0.797. The normalized spacial score (nSPS) is 23.1. The summed E-state index contributed by atoms with van der Waals surface area (Å²) in [7, 11) is 0. The van der Waals surface area contributed by atoms with Crippen molar-refractivity contribution in [3.05, 3.63) is 0 Å². The lowest BCUT2D eigenvalue weighted by molar-refractivity contribution is -0.148. The molecule has 1 rings (SSSR count). The van der Waals surface area contributed by atoms with Crippen LogP contribution in [0.1, 0.15) is 27.2 Å². The van der Waals surface area contributed by atoms with Gasteiger partial charge >= 0.3 is 0 Å². The molecule has 1 heterocycles. The first kappa shape index (κ1) is 14.4. The van der Waals surface area contributed by atoms with Crippen LogP contribution in [0.3, 0.4) is 0 Å². The zero-order valence-electron chi connectivity index (χ0n) is 10.8. The number of carbonyl (C=O) groups is 3. The van der Waals surface area contributed by atoms with Crippen LogP contribution in [0.25, 0.3) is 0 Å². The van der Waals surface area contributed by atoms with Crippen molar-refractivity contribution < 1.29 is 14.4 Å². The monoisotopic (exact) mass is 254 g/mol. The van der Waals surface area contributed by atoms with Gasteiger partial charge in [0.2, 0.25) is 28.1 Å². The second kappa shape index (κ2) is 4.89. The van der Waals surface area contributed by atoms with Crippen molar-refractivity contribution in [3.8, 4) is 0 Å². The lowest BCUT2D eigenvalue weighted by Crippen LogP contribution is -2.52. The molecule has 1 saturated heterocycles. The molecule has 0 bridgehead atoms. The van der Waals surface area contributed by atoms with Gasteiger partial charge in [-0.2, -0.15) is 0 Å². The molecule has 0 radical (unpaired) electrons. The highest BCUT2D eigenvalue weighted by Gasteiger charge is 2.44. The third kappa shape index (κ3) is 2.76. The lowest BCUT2D eigenvalue weighted by Gasteiger charge is -2.29. The fourth-order valence-electron chi connectivity index (χ4n) is 1.96. The summed E-state index contributed by atoms with van der Waals surface area (Å²) in [5.74, 6) is -0.643. The maximum atomic E-state index is 12.2. The van der Waals surface area contributed by atoms with Crippen LogP contribution >= 0.6 is 0 Å². The van der Waals surface area contributed by atoms with Crippen molar-refractivity contribution >= 4 is 33.9 Å². The third-order valence-electron chi connectivity index (χ3n) is 2.99. The number of imide groups is 1. The molecule has 0 spiro atoms. The SMILES string of the molecule is CC(C)(C)C(=O)[C@H](CN)N1C(=O)C[CH]([AlH2])C1=O. The van der Waals surface area contributed by atoms with E-state index in [1.807, 2.05) is 0 Å². The molecule has 0 aliphatic carbocycles. The van der Waals surface area contributed by atoms with Crippen LogP contribution in [0.15, 0.2) is 0 Å². The molecule has 2 amide bonds. The average Bonchev–Trinajstić information content (AvgIpc) is 2.44. The van der Waals surface area contributed by atoms with E-state index in [1.54, 1.807) is 20.8 Å². The number of Topliss-reactive ketones (excluding diaryl/α,β-unsaturated/α-hetero) is 1. The number of hydrogen-bond donors (Lipinski definition) is 1. The number of likely N-dealkylation sites (tertiary alicyclic amines) is 1. The summed E-state index contributed by atoms with van der Waals surface area (Å²) in [4.78, 5) is 36.9. The molecule has 1 aliphatic heterocycles. The van der Waals surface area contributed by atoms with E-state index in [9.17, 15) is 14.4 Å². The Morgan fingerprint density at radius 3 is 2.35 bits per heavy atom. The maximum absolute atomic E-state index is 12.2. The van der Waals surface area contributed by atoms with Gasteiger partial charge in [0.05, 0.1) is 0 Å². The second-order valence-corrected chi connectivity index (χ2v) is 6.97. The van der Waals surface area contributed by atoms with Crippen molar-refractivity contribution in [2.24, 2.45) is 11.1 Å². The van der Waals surface area contributed by atoms with E-state index in [0.717, 1.165) is 4.90 Å². The second-order valence-electron chi connectivity index (χ2n) is 5.57. The fourth-order valence-corrected chi connectivity index (χ4v) is 2.59. The Hall–Kier alpha value is -0.698. The standard InChI is InChI=1S/C11H17N2O3.Al.2H/c1-11(2,3)10(16)7(6-12)13-8(14)4-5-9(13)15;;;/h4,7H,5-6,12H2,1-3H3;;;/t7-;;;/m0.../s1. The van der Waals surface area contributed by atoms with Crippen LogP contribution in [0.4, 0.5) is 0 Å². The first-order valence-electron chi connectivity index (χ1n) is 5.80. The number of nitrogens with zero attached hydrogens (tertiary/aromatic N) is 1. The quantitative estimate of drug-likeness (QED) is 0.523. The summed E-state index contributed by atoms with van der Waals surface area (Å²) in [6.45, 7) is 5.30. The van der Waals surface area contributed by atoms with E-state index in [4.69, 9.17) is 5.73 Å². The highest BCUT2D eigenvalue weighted by molar-refractivity contribution is 6.30. The smallest absolute Gasteiger partial charge is 0.232 e. The number of hydrogen-bond acceptors (Lipinski definition) is 4. The van der Waals surface area contributed by atoms with Gasteiger partial charge < -0.3 is 5.73 Å². The van der Waals surface area contributed by atoms with Crippen molar-refractivity contribution in [2.45, 2.75) is 38.0 Å². The molecule has 2 atom stereocenters. The Bertz CT molecular complexity index is 362. The molecule has 1 unspecified atom stereocenters. The van der Waals surface area contributed by atoms with Crippen LogP contribution in [0.2, 0.25) is 4.78 Å². The van der Waals surface area contributed by atoms with Gasteiger partial charge in [-0.05, 0) is 4.78 Å². The van der Waals surface area contributed by atoms with Gasteiger partial charge in [-0.15, -0.1) is 0 Å². The first-order valence-corrected chi connectivity index (χ1v) is 6.96. The zero-order valence-corrected chi connectivity index (χ0v) is 12.8. The Morgan fingerprint density at radius 2 is 2.06 bits per heavy atom. The van der Waals surface area contributed by atoms with Gasteiger partial charge in [0.1, 0.15) is 6.04 Å². The molecule has 0 aromatic rings. The minimum Gasteiger partial charge on any atom is -0.328 e. The molecule has 5 nitrogen and oxygen atoms in total. The molecular weight excluding hydrogens is 235 g/mol. The summed E-state index contributed by atoms with van der Waals surface area (Å²) < 4.78 is -0.204. The average molecular weight is 254 g/mol. The third-order valence-corrected chi connectivity index (χ3v) is 3.89. The molecule has 0 saturated carbocycles. The van der Waals surface area contributed by atoms with Gasteiger partial charge in [0, 0.05) is 18.4 Å². The van der Waals surface area contributed by atoms with E-state index < -0.39 is 11.5 Å². The molecular formula is C11H19AlN2O3. The number of carbonyl (C=O) groups excluding carboxylic acids is 3.